The van der Waals surface area contributed by atoms with Gasteiger partial charge in [0.05, 0.1) is 11.9 Å². The van der Waals surface area contributed by atoms with Gasteiger partial charge >= 0.3 is 0 Å². The zero-order valence-corrected chi connectivity index (χ0v) is 13.5. The van der Waals surface area contributed by atoms with Crippen LogP contribution in [0.25, 0.3) is 16.5 Å². The molecule has 0 aliphatic rings. The molecule has 0 aliphatic carbocycles. The maximum Gasteiger partial charge on any atom is 0.273 e. The number of hydrogen-bond donors (Lipinski definition) is 1. The highest BCUT2D eigenvalue weighted by atomic mass is 16.2. The van der Waals surface area contributed by atoms with Gasteiger partial charge in [0.25, 0.3) is 5.91 Å². The van der Waals surface area contributed by atoms with Crippen LogP contribution >= 0.6 is 0 Å². The van der Waals surface area contributed by atoms with Crippen LogP contribution in [0.4, 0.5) is 0 Å². The van der Waals surface area contributed by atoms with Gasteiger partial charge < -0.3 is 5.32 Å². The molecule has 1 N–H and O–H groups in total. The van der Waals surface area contributed by atoms with Gasteiger partial charge in [-0.3, -0.25) is 4.79 Å². The van der Waals surface area contributed by atoms with Crippen LogP contribution in [0.3, 0.4) is 0 Å². The highest BCUT2D eigenvalue weighted by Gasteiger charge is 2.11. The summed E-state index contributed by atoms with van der Waals surface area (Å²) >= 11 is 0. The van der Waals surface area contributed by atoms with Crippen molar-refractivity contribution in [3.05, 3.63) is 90.3 Å². The lowest BCUT2D eigenvalue weighted by Crippen LogP contribution is -2.23. The monoisotopic (exact) mass is 328 g/mol. The van der Waals surface area contributed by atoms with Gasteiger partial charge in [-0.05, 0) is 28.5 Å². The summed E-state index contributed by atoms with van der Waals surface area (Å²) in [5, 5.41) is 13.2. The molecule has 0 saturated heterocycles. The summed E-state index contributed by atoms with van der Waals surface area (Å²) in [4.78, 5) is 12.4. The number of nitrogens with zero attached hydrogens (tertiary/aromatic N) is 3. The largest absolute Gasteiger partial charge is 0.346 e. The van der Waals surface area contributed by atoms with Gasteiger partial charge in [-0.2, -0.15) is 0 Å². The molecule has 0 saturated carbocycles. The van der Waals surface area contributed by atoms with E-state index in [4.69, 9.17) is 0 Å². The molecule has 1 amide bonds. The lowest BCUT2D eigenvalue weighted by Gasteiger charge is -2.07. The molecule has 1 aromatic heterocycles. The van der Waals surface area contributed by atoms with Crippen LogP contribution in [-0.4, -0.2) is 20.9 Å². The standard InChI is InChI=1S/C20H16N4O/c25-20(19-14-24(23-22-19)17-10-2-1-3-11-17)21-13-16-9-6-8-15-7-4-5-12-18(15)16/h1-12,14H,13H2,(H,21,25). The third-order valence-corrected chi connectivity index (χ3v) is 4.07. The van der Waals surface area contributed by atoms with Gasteiger partial charge in [-0.25, -0.2) is 4.68 Å². The summed E-state index contributed by atoms with van der Waals surface area (Å²) in [6.45, 7) is 0.443. The van der Waals surface area contributed by atoms with Gasteiger partial charge in [-0.1, -0.05) is 65.9 Å². The molecular weight excluding hydrogens is 312 g/mol. The second-order valence-corrected chi connectivity index (χ2v) is 5.70. The third kappa shape index (κ3) is 3.12. The zero-order chi connectivity index (χ0) is 17.1. The summed E-state index contributed by atoms with van der Waals surface area (Å²) in [6.07, 6.45) is 1.63. The number of hydrogen-bond acceptors (Lipinski definition) is 3. The Bertz CT molecular complexity index is 1020. The van der Waals surface area contributed by atoms with Crippen LogP contribution in [-0.2, 0) is 6.54 Å². The minimum absolute atomic E-state index is 0.241. The number of para-hydroxylation sites is 1. The molecule has 5 nitrogen and oxygen atoms in total. The highest BCUT2D eigenvalue weighted by molar-refractivity contribution is 5.92. The first kappa shape index (κ1) is 15.1. The van der Waals surface area contributed by atoms with Gasteiger partial charge in [0.1, 0.15) is 0 Å². The number of amides is 1. The number of nitrogens with one attached hydrogen (secondary N) is 1. The predicted octanol–water partition coefficient (Wildman–Crippen LogP) is 3.35. The Labute approximate surface area is 144 Å². The normalized spacial score (nSPS) is 10.7. The molecule has 0 radical (unpaired) electrons. The van der Waals surface area contributed by atoms with Gasteiger partial charge in [-0.15, -0.1) is 5.10 Å². The molecule has 4 rings (SSSR count). The molecule has 0 bridgehead atoms. The molecular formula is C20H16N4O. The summed E-state index contributed by atoms with van der Waals surface area (Å²) in [6, 6.07) is 23.8. The van der Waals surface area contributed by atoms with E-state index in [9.17, 15) is 4.79 Å². The quantitative estimate of drug-likeness (QED) is 0.625. The van der Waals surface area contributed by atoms with Crippen LogP contribution in [0.15, 0.2) is 79.0 Å². The van der Waals surface area contributed by atoms with Gasteiger partial charge in [0.2, 0.25) is 0 Å². The van der Waals surface area contributed by atoms with Crippen molar-refractivity contribution in [3.63, 3.8) is 0 Å². The van der Waals surface area contributed by atoms with Crippen LogP contribution < -0.4 is 5.32 Å². The van der Waals surface area contributed by atoms with Crippen molar-refractivity contribution >= 4 is 16.7 Å². The Hall–Kier alpha value is -3.47. The molecule has 5 heteroatoms. The van der Waals surface area contributed by atoms with Crippen molar-refractivity contribution in [2.75, 3.05) is 0 Å². The molecule has 122 valence electrons. The van der Waals surface area contributed by atoms with Crippen molar-refractivity contribution < 1.29 is 4.79 Å². The van der Waals surface area contributed by atoms with Crippen LogP contribution in [0.2, 0.25) is 0 Å². The zero-order valence-electron chi connectivity index (χ0n) is 13.5. The molecule has 25 heavy (non-hydrogen) atoms. The molecule has 0 spiro atoms. The number of benzene rings is 3. The fourth-order valence-electron chi connectivity index (χ4n) is 2.79. The van der Waals surface area contributed by atoms with Crippen molar-refractivity contribution in [3.8, 4) is 5.69 Å². The van der Waals surface area contributed by atoms with E-state index in [0.717, 1.165) is 22.0 Å². The molecule has 1 heterocycles. The minimum Gasteiger partial charge on any atom is -0.346 e. The summed E-state index contributed by atoms with van der Waals surface area (Å²) in [7, 11) is 0. The van der Waals surface area contributed by atoms with Crippen molar-refractivity contribution in [2.24, 2.45) is 0 Å². The number of rotatable bonds is 4. The van der Waals surface area contributed by atoms with E-state index in [1.165, 1.54) is 0 Å². The Morgan fingerprint density at radius 1 is 0.920 bits per heavy atom. The fraction of sp³-hybridized carbons (Fsp3) is 0.0500. The first-order valence-corrected chi connectivity index (χ1v) is 8.04. The Morgan fingerprint density at radius 3 is 2.56 bits per heavy atom. The molecule has 3 aromatic carbocycles. The Kier molecular flexibility index (Phi) is 3.96. The maximum atomic E-state index is 12.4. The van der Waals surface area contributed by atoms with Crippen molar-refractivity contribution in [1.82, 2.24) is 20.3 Å². The number of aromatic nitrogens is 3. The topological polar surface area (TPSA) is 59.8 Å². The van der Waals surface area contributed by atoms with E-state index < -0.39 is 0 Å². The lowest BCUT2D eigenvalue weighted by molar-refractivity contribution is 0.0946. The fourth-order valence-corrected chi connectivity index (χ4v) is 2.79. The minimum atomic E-state index is -0.241. The van der Waals surface area contributed by atoms with E-state index in [2.05, 4.69) is 33.8 Å². The summed E-state index contributed by atoms with van der Waals surface area (Å²) in [5.74, 6) is -0.241. The van der Waals surface area contributed by atoms with Crippen LogP contribution in [0, 0.1) is 0 Å². The number of carbonyl (C=O) groups is 1. The second kappa shape index (κ2) is 6.57. The van der Waals surface area contributed by atoms with Gasteiger partial charge in [0, 0.05) is 6.54 Å². The van der Waals surface area contributed by atoms with E-state index in [-0.39, 0.29) is 5.91 Å². The summed E-state index contributed by atoms with van der Waals surface area (Å²) < 4.78 is 1.59. The van der Waals surface area contributed by atoms with E-state index in [1.807, 2.05) is 54.6 Å². The first-order valence-electron chi connectivity index (χ1n) is 8.04. The van der Waals surface area contributed by atoms with E-state index >= 15 is 0 Å². The molecule has 0 unspecified atom stereocenters. The second-order valence-electron chi connectivity index (χ2n) is 5.70. The average molecular weight is 328 g/mol. The van der Waals surface area contributed by atoms with Crippen molar-refractivity contribution in [1.29, 1.82) is 0 Å². The molecule has 0 aliphatic heterocycles. The molecule has 4 aromatic rings. The number of fused-ring (bicyclic) bond motifs is 1. The molecule has 0 fully saturated rings. The van der Waals surface area contributed by atoms with E-state index in [0.29, 0.717) is 12.2 Å². The number of carbonyl (C=O) groups excluding carboxylic acids is 1. The lowest BCUT2D eigenvalue weighted by atomic mass is 10.0. The Morgan fingerprint density at radius 2 is 1.68 bits per heavy atom. The van der Waals surface area contributed by atoms with Crippen LogP contribution in [0.1, 0.15) is 16.1 Å². The summed E-state index contributed by atoms with van der Waals surface area (Å²) in [5.41, 5.74) is 2.23. The van der Waals surface area contributed by atoms with E-state index in [1.54, 1.807) is 10.9 Å². The maximum absolute atomic E-state index is 12.4. The third-order valence-electron chi connectivity index (χ3n) is 4.07. The molecule has 0 atom stereocenters. The van der Waals surface area contributed by atoms with Gasteiger partial charge in [0.15, 0.2) is 5.69 Å². The highest BCUT2D eigenvalue weighted by Crippen LogP contribution is 2.18. The predicted molar refractivity (Wildman–Crippen MR) is 96.5 cm³/mol. The SMILES string of the molecule is O=C(NCc1cccc2ccccc12)c1cn(-c2ccccc2)nn1. The first-order chi connectivity index (χ1) is 12.3. The van der Waals surface area contributed by atoms with Crippen LogP contribution in [0.5, 0.6) is 0 Å². The average Bonchev–Trinajstić information content (AvgIpc) is 3.17. The van der Waals surface area contributed by atoms with Crippen molar-refractivity contribution in [2.45, 2.75) is 6.54 Å². The smallest absolute Gasteiger partial charge is 0.273 e. The Balaban J connectivity index is 1.50.